The highest BCUT2D eigenvalue weighted by Gasteiger charge is 2.08. The van der Waals surface area contributed by atoms with Gasteiger partial charge < -0.3 is 4.74 Å². The van der Waals surface area contributed by atoms with Gasteiger partial charge in [0.15, 0.2) is 5.82 Å². The quantitative estimate of drug-likeness (QED) is 0.712. The molecule has 0 bridgehead atoms. The molecule has 0 N–H and O–H groups in total. The summed E-state index contributed by atoms with van der Waals surface area (Å²) in [5, 5.41) is 0. The molecule has 3 nitrogen and oxygen atoms in total. The predicted octanol–water partition coefficient (Wildman–Crippen LogP) is 2.21. The van der Waals surface area contributed by atoms with Gasteiger partial charge in [0.2, 0.25) is 0 Å². The molecule has 1 rings (SSSR count). The third kappa shape index (κ3) is 3.51. The SMILES string of the molecule is CC(C)CO[C@H](C)c1ncccn1. The Kier molecular flexibility index (Phi) is 3.83. The Morgan fingerprint density at radius 3 is 2.38 bits per heavy atom. The molecule has 0 fully saturated rings. The van der Waals surface area contributed by atoms with Crippen LogP contribution in [-0.4, -0.2) is 16.6 Å². The van der Waals surface area contributed by atoms with Gasteiger partial charge in [0.25, 0.3) is 0 Å². The van der Waals surface area contributed by atoms with Gasteiger partial charge in [0, 0.05) is 19.0 Å². The van der Waals surface area contributed by atoms with Gasteiger partial charge in [0.05, 0.1) is 0 Å². The molecule has 3 heteroatoms. The van der Waals surface area contributed by atoms with E-state index >= 15 is 0 Å². The minimum atomic E-state index is -0.0106. The Morgan fingerprint density at radius 1 is 1.23 bits per heavy atom. The fourth-order valence-electron chi connectivity index (χ4n) is 0.932. The van der Waals surface area contributed by atoms with Crippen LogP contribution in [0, 0.1) is 5.92 Å². The lowest BCUT2D eigenvalue weighted by Crippen LogP contribution is -2.08. The molecule has 1 aromatic heterocycles. The Labute approximate surface area is 79.2 Å². The van der Waals surface area contributed by atoms with Crippen LogP contribution < -0.4 is 0 Å². The van der Waals surface area contributed by atoms with Crippen LogP contribution in [0.5, 0.6) is 0 Å². The molecule has 1 atom stereocenters. The summed E-state index contributed by atoms with van der Waals surface area (Å²) in [6.07, 6.45) is 3.46. The van der Waals surface area contributed by atoms with E-state index in [-0.39, 0.29) is 6.10 Å². The van der Waals surface area contributed by atoms with E-state index < -0.39 is 0 Å². The lowest BCUT2D eigenvalue weighted by Gasteiger charge is -2.12. The number of hydrogen-bond donors (Lipinski definition) is 0. The maximum atomic E-state index is 5.56. The van der Waals surface area contributed by atoms with Crippen molar-refractivity contribution in [2.45, 2.75) is 26.9 Å². The fraction of sp³-hybridized carbons (Fsp3) is 0.600. The van der Waals surface area contributed by atoms with Crippen LogP contribution in [0.15, 0.2) is 18.5 Å². The van der Waals surface area contributed by atoms with Crippen LogP contribution in [0.1, 0.15) is 32.7 Å². The molecule has 0 amide bonds. The van der Waals surface area contributed by atoms with Crippen molar-refractivity contribution >= 4 is 0 Å². The Bertz CT molecular complexity index is 236. The van der Waals surface area contributed by atoms with Crippen LogP contribution in [0.3, 0.4) is 0 Å². The van der Waals surface area contributed by atoms with Crippen LogP contribution in [0.25, 0.3) is 0 Å². The first kappa shape index (κ1) is 10.1. The normalized spacial score (nSPS) is 13.2. The minimum Gasteiger partial charge on any atom is -0.370 e. The van der Waals surface area contributed by atoms with Crippen molar-refractivity contribution in [1.82, 2.24) is 9.97 Å². The zero-order valence-corrected chi connectivity index (χ0v) is 8.40. The Morgan fingerprint density at radius 2 is 1.85 bits per heavy atom. The topological polar surface area (TPSA) is 35.0 Å². The van der Waals surface area contributed by atoms with Crippen molar-refractivity contribution in [3.8, 4) is 0 Å². The number of ether oxygens (including phenoxy) is 1. The Balaban J connectivity index is 2.44. The third-order valence-electron chi connectivity index (χ3n) is 1.63. The third-order valence-corrected chi connectivity index (χ3v) is 1.63. The van der Waals surface area contributed by atoms with E-state index in [1.54, 1.807) is 18.5 Å². The van der Waals surface area contributed by atoms with Gasteiger partial charge in [-0.3, -0.25) is 0 Å². The molecule has 0 radical (unpaired) electrons. The van der Waals surface area contributed by atoms with Crippen molar-refractivity contribution in [3.05, 3.63) is 24.3 Å². The van der Waals surface area contributed by atoms with Crippen LogP contribution in [-0.2, 0) is 4.74 Å². The van der Waals surface area contributed by atoms with E-state index in [1.807, 2.05) is 6.92 Å². The van der Waals surface area contributed by atoms with Gasteiger partial charge in [-0.25, -0.2) is 9.97 Å². The van der Waals surface area contributed by atoms with Gasteiger partial charge in [-0.15, -0.1) is 0 Å². The van der Waals surface area contributed by atoms with E-state index in [2.05, 4.69) is 23.8 Å². The van der Waals surface area contributed by atoms with Crippen molar-refractivity contribution in [2.24, 2.45) is 5.92 Å². The maximum absolute atomic E-state index is 5.56. The summed E-state index contributed by atoms with van der Waals surface area (Å²) in [6, 6.07) is 1.80. The monoisotopic (exact) mass is 180 g/mol. The highest BCUT2D eigenvalue weighted by Crippen LogP contribution is 2.11. The zero-order chi connectivity index (χ0) is 9.68. The molecule has 0 aliphatic heterocycles. The van der Waals surface area contributed by atoms with Crippen LogP contribution in [0.4, 0.5) is 0 Å². The second-order valence-corrected chi connectivity index (χ2v) is 3.48. The molecule has 72 valence electrons. The zero-order valence-electron chi connectivity index (χ0n) is 8.40. The highest BCUT2D eigenvalue weighted by atomic mass is 16.5. The van der Waals surface area contributed by atoms with Gasteiger partial charge in [-0.1, -0.05) is 13.8 Å². The second-order valence-electron chi connectivity index (χ2n) is 3.48. The van der Waals surface area contributed by atoms with Crippen molar-refractivity contribution in [2.75, 3.05) is 6.61 Å². The number of nitrogens with zero attached hydrogens (tertiary/aromatic N) is 2. The summed E-state index contributed by atoms with van der Waals surface area (Å²) in [7, 11) is 0. The molecular formula is C10H16N2O. The molecule has 1 aromatic rings. The molecular weight excluding hydrogens is 164 g/mol. The molecule has 13 heavy (non-hydrogen) atoms. The standard InChI is InChI=1S/C10H16N2O/c1-8(2)7-13-9(3)10-11-5-4-6-12-10/h4-6,8-9H,7H2,1-3H3/t9-/m1/s1. The fourth-order valence-corrected chi connectivity index (χ4v) is 0.932. The van der Waals surface area contributed by atoms with E-state index in [0.717, 1.165) is 12.4 Å². The van der Waals surface area contributed by atoms with Crippen molar-refractivity contribution in [1.29, 1.82) is 0 Å². The number of hydrogen-bond acceptors (Lipinski definition) is 3. The molecule has 1 heterocycles. The summed E-state index contributed by atoms with van der Waals surface area (Å²) in [4.78, 5) is 8.24. The Hall–Kier alpha value is -0.960. The molecule has 0 saturated heterocycles. The number of aromatic nitrogens is 2. The predicted molar refractivity (Wildman–Crippen MR) is 51.2 cm³/mol. The summed E-state index contributed by atoms with van der Waals surface area (Å²) in [5.41, 5.74) is 0. The average molecular weight is 180 g/mol. The number of rotatable bonds is 4. The average Bonchev–Trinajstić information content (AvgIpc) is 2.15. The largest absolute Gasteiger partial charge is 0.370 e. The van der Waals surface area contributed by atoms with Gasteiger partial charge in [-0.05, 0) is 18.9 Å². The van der Waals surface area contributed by atoms with Crippen LogP contribution in [0.2, 0.25) is 0 Å². The summed E-state index contributed by atoms with van der Waals surface area (Å²) in [5.74, 6) is 1.30. The second kappa shape index (κ2) is 4.92. The first-order valence-corrected chi connectivity index (χ1v) is 4.58. The lowest BCUT2D eigenvalue weighted by molar-refractivity contribution is 0.0415. The molecule has 0 aliphatic carbocycles. The lowest BCUT2D eigenvalue weighted by atomic mass is 10.2. The van der Waals surface area contributed by atoms with E-state index in [9.17, 15) is 0 Å². The molecule has 0 spiro atoms. The molecule has 0 saturated carbocycles. The van der Waals surface area contributed by atoms with E-state index in [1.165, 1.54) is 0 Å². The maximum Gasteiger partial charge on any atom is 0.156 e. The minimum absolute atomic E-state index is 0.0106. The summed E-state index contributed by atoms with van der Waals surface area (Å²) >= 11 is 0. The van der Waals surface area contributed by atoms with Gasteiger partial charge >= 0.3 is 0 Å². The van der Waals surface area contributed by atoms with Crippen LogP contribution >= 0.6 is 0 Å². The smallest absolute Gasteiger partial charge is 0.156 e. The molecule has 0 unspecified atom stereocenters. The summed E-state index contributed by atoms with van der Waals surface area (Å²) in [6.45, 7) is 6.97. The van der Waals surface area contributed by atoms with E-state index in [4.69, 9.17) is 4.74 Å². The van der Waals surface area contributed by atoms with Crippen molar-refractivity contribution < 1.29 is 4.74 Å². The highest BCUT2D eigenvalue weighted by molar-refractivity contribution is 4.91. The van der Waals surface area contributed by atoms with E-state index in [0.29, 0.717) is 5.92 Å². The molecule has 0 aromatic carbocycles. The van der Waals surface area contributed by atoms with Gasteiger partial charge in [0.1, 0.15) is 6.10 Å². The first-order valence-electron chi connectivity index (χ1n) is 4.58. The first-order chi connectivity index (χ1) is 6.20. The van der Waals surface area contributed by atoms with Crippen molar-refractivity contribution in [3.63, 3.8) is 0 Å². The van der Waals surface area contributed by atoms with Gasteiger partial charge in [-0.2, -0.15) is 0 Å². The summed E-state index contributed by atoms with van der Waals surface area (Å²) < 4.78 is 5.56. The molecule has 0 aliphatic rings.